The lowest BCUT2D eigenvalue weighted by atomic mass is 9.61. The summed E-state index contributed by atoms with van der Waals surface area (Å²) >= 11 is 0. The standard InChI is InChI=1S/C64H68N2/c1-59(2,3)45-21-25-47(26-22-45)65-55-33-19-43(39-53(55)61(7)35-11-13-37-63(61,65)9)49-29-15-41-18-32-52-50(30-16-42-17-31-51(49)57(41)58(42)52)44-20-34-56-54(40-44)62(8)36-12-14-38-64(62,10)66(56)48-27-23-46(24-28-48)60(4,5)6/h15-34,39-40H,11-14,35-38H2,1-10H3. The molecule has 4 unspecified atom stereocenters. The third-order valence-corrected chi connectivity index (χ3v) is 18.5. The van der Waals surface area contributed by atoms with Gasteiger partial charge >= 0.3 is 0 Å². The largest absolute Gasteiger partial charge is 0.334 e. The fraction of sp³-hybridized carbons (Fsp3) is 0.375. The van der Waals surface area contributed by atoms with Crippen LogP contribution in [0.25, 0.3) is 54.6 Å². The molecule has 0 saturated heterocycles. The molecular formula is C64H68N2. The molecule has 334 valence electrons. The molecule has 2 aliphatic heterocycles. The first-order valence-electron chi connectivity index (χ1n) is 25.3. The summed E-state index contributed by atoms with van der Waals surface area (Å²) in [5.74, 6) is 0. The van der Waals surface area contributed by atoms with E-state index in [9.17, 15) is 0 Å². The molecule has 8 aromatic carbocycles. The number of benzene rings is 8. The number of hydrogen-bond donors (Lipinski definition) is 0. The van der Waals surface area contributed by atoms with Crippen molar-refractivity contribution in [3.63, 3.8) is 0 Å². The zero-order valence-corrected chi connectivity index (χ0v) is 41.3. The van der Waals surface area contributed by atoms with E-state index in [0.29, 0.717) is 0 Å². The van der Waals surface area contributed by atoms with E-state index in [1.54, 1.807) is 0 Å². The Balaban J connectivity index is 0.977. The van der Waals surface area contributed by atoms with Crippen molar-refractivity contribution in [2.75, 3.05) is 9.80 Å². The van der Waals surface area contributed by atoms with Gasteiger partial charge in [0.25, 0.3) is 0 Å². The monoisotopic (exact) mass is 865 g/mol. The van der Waals surface area contributed by atoms with Crippen molar-refractivity contribution < 1.29 is 0 Å². The van der Waals surface area contributed by atoms with E-state index < -0.39 is 0 Å². The summed E-state index contributed by atoms with van der Waals surface area (Å²) in [4.78, 5) is 5.44. The van der Waals surface area contributed by atoms with Gasteiger partial charge in [-0.15, -0.1) is 0 Å². The van der Waals surface area contributed by atoms with Gasteiger partial charge in [-0.1, -0.05) is 166 Å². The number of fused-ring (bicyclic) bond motifs is 6. The molecule has 0 aromatic heterocycles. The molecule has 0 N–H and O–H groups in total. The summed E-state index contributed by atoms with van der Waals surface area (Å²) in [6.45, 7) is 24.1. The molecule has 0 bridgehead atoms. The minimum atomic E-state index is 0.00902. The second-order valence-electron chi connectivity index (χ2n) is 24.0. The molecule has 4 aliphatic rings. The van der Waals surface area contributed by atoms with Crippen LogP contribution in [0.3, 0.4) is 0 Å². The summed E-state index contributed by atoms with van der Waals surface area (Å²) in [5, 5.41) is 8.09. The van der Waals surface area contributed by atoms with Crippen LogP contribution in [0, 0.1) is 0 Å². The van der Waals surface area contributed by atoms with Crippen LogP contribution in [0.5, 0.6) is 0 Å². The average molecular weight is 865 g/mol. The minimum Gasteiger partial charge on any atom is -0.334 e. The van der Waals surface area contributed by atoms with Crippen molar-refractivity contribution in [2.24, 2.45) is 0 Å². The van der Waals surface area contributed by atoms with Crippen LogP contribution in [0.15, 0.2) is 133 Å². The van der Waals surface area contributed by atoms with Crippen LogP contribution in [0.2, 0.25) is 0 Å². The first-order chi connectivity index (χ1) is 31.4. The van der Waals surface area contributed by atoms with E-state index in [1.165, 1.54) is 151 Å². The van der Waals surface area contributed by atoms with E-state index in [4.69, 9.17) is 0 Å². The van der Waals surface area contributed by atoms with Crippen molar-refractivity contribution >= 4 is 55.1 Å². The van der Waals surface area contributed by atoms with Gasteiger partial charge in [-0.05, 0) is 176 Å². The fourth-order valence-electron chi connectivity index (χ4n) is 14.1. The Bertz CT molecular complexity index is 3010. The third-order valence-electron chi connectivity index (χ3n) is 18.5. The van der Waals surface area contributed by atoms with Crippen molar-refractivity contribution in [1.29, 1.82) is 0 Å². The summed E-state index contributed by atoms with van der Waals surface area (Å²) < 4.78 is 0. The summed E-state index contributed by atoms with van der Waals surface area (Å²) in [5.41, 5.74) is 16.9. The highest BCUT2D eigenvalue weighted by molar-refractivity contribution is 6.27. The lowest BCUT2D eigenvalue weighted by Gasteiger charge is -2.50. The molecule has 2 aliphatic carbocycles. The maximum atomic E-state index is 2.72. The van der Waals surface area contributed by atoms with Crippen LogP contribution in [0.4, 0.5) is 22.7 Å². The average Bonchev–Trinajstić information content (AvgIpc) is 3.64. The van der Waals surface area contributed by atoms with E-state index in [1.807, 2.05) is 0 Å². The summed E-state index contributed by atoms with van der Waals surface area (Å²) in [6, 6.07) is 53.1. The Morgan fingerprint density at radius 1 is 0.394 bits per heavy atom. The molecule has 8 aromatic rings. The van der Waals surface area contributed by atoms with E-state index in [-0.39, 0.29) is 32.7 Å². The van der Waals surface area contributed by atoms with Crippen LogP contribution in [0.1, 0.15) is 143 Å². The predicted octanol–water partition coefficient (Wildman–Crippen LogP) is 18.0. The van der Waals surface area contributed by atoms with Gasteiger partial charge in [-0.2, -0.15) is 0 Å². The molecule has 2 nitrogen and oxygen atoms in total. The van der Waals surface area contributed by atoms with Crippen molar-refractivity contribution in [1.82, 2.24) is 0 Å². The highest BCUT2D eigenvalue weighted by Crippen LogP contribution is 2.63. The Hall–Kier alpha value is -5.60. The van der Waals surface area contributed by atoms with Crippen LogP contribution in [-0.2, 0) is 21.7 Å². The quantitative estimate of drug-likeness (QED) is 0.163. The zero-order chi connectivity index (χ0) is 45.8. The molecule has 66 heavy (non-hydrogen) atoms. The highest BCUT2D eigenvalue weighted by atomic mass is 15.3. The Kier molecular flexibility index (Phi) is 8.85. The summed E-state index contributed by atoms with van der Waals surface area (Å²) in [7, 11) is 0. The van der Waals surface area contributed by atoms with Gasteiger partial charge < -0.3 is 9.80 Å². The van der Waals surface area contributed by atoms with Crippen molar-refractivity contribution in [3.8, 4) is 22.3 Å². The lowest BCUT2D eigenvalue weighted by molar-refractivity contribution is 0.195. The Morgan fingerprint density at radius 3 is 1.14 bits per heavy atom. The number of rotatable bonds is 4. The smallest absolute Gasteiger partial charge is 0.0517 e. The number of hydrogen-bond acceptors (Lipinski definition) is 2. The van der Waals surface area contributed by atoms with Gasteiger partial charge in [-0.25, -0.2) is 0 Å². The zero-order valence-electron chi connectivity index (χ0n) is 41.3. The van der Waals surface area contributed by atoms with Gasteiger partial charge in [0.05, 0.1) is 11.1 Å². The normalized spacial score (nSPS) is 25.1. The molecule has 4 atom stereocenters. The molecule has 2 fully saturated rings. The first-order valence-corrected chi connectivity index (χ1v) is 25.3. The van der Waals surface area contributed by atoms with Gasteiger partial charge in [0, 0.05) is 33.6 Å². The Morgan fingerprint density at radius 2 is 0.758 bits per heavy atom. The molecule has 2 saturated carbocycles. The number of anilines is 4. The first kappa shape index (κ1) is 41.8. The van der Waals surface area contributed by atoms with Crippen LogP contribution < -0.4 is 9.80 Å². The number of nitrogens with zero attached hydrogens (tertiary/aromatic N) is 2. The molecule has 2 heterocycles. The second-order valence-corrected chi connectivity index (χ2v) is 24.0. The SMILES string of the molecule is CC(C)(C)c1ccc(N2c3ccc(-c4ccc5ccc6c(-c7ccc8c(c7)C7(C)CCCCC7(C)N8c7ccc(C(C)(C)C)cc7)ccc7ccc4c5c76)cc3C3(C)CCCCC23C)cc1. The van der Waals surface area contributed by atoms with Crippen molar-refractivity contribution in [2.45, 2.75) is 153 Å². The topological polar surface area (TPSA) is 6.48 Å². The minimum absolute atomic E-state index is 0.00902. The van der Waals surface area contributed by atoms with E-state index in [0.717, 1.165) is 0 Å². The van der Waals surface area contributed by atoms with Gasteiger partial charge in [0.15, 0.2) is 0 Å². The van der Waals surface area contributed by atoms with Gasteiger partial charge in [0.2, 0.25) is 0 Å². The maximum absolute atomic E-state index is 2.72. The Labute approximate surface area is 394 Å². The molecule has 0 radical (unpaired) electrons. The molecular weight excluding hydrogens is 797 g/mol. The molecule has 12 rings (SSSR count). The van der Waals surface area contributed by atoms with E-state index in [2.05, 4.69) is 212 Å². The summed E-state index contributed by atoms with van der Waals surface area (Å²) in [6.07, 6.45) is 9.91. The maximum Gasteiger partial charge on any atom is 0.0517 e. The van der Waals surface area contributed by atoms with Crippen LogP contribution in [-0.4, -0.2) is 11.1 Å². The third kappa shape index (κ3) is 5.66. The van der Waals surface area contributed by atoms with Crippen molar-refractivity contribution in [3.05, 3.63) is 156 Å². The van der Waals surface area contributed by atoms with Gasteiger partial charge in [-0.3, -0.25) is 0 Å². The molecule has 2 heteroatoms. The van der Waals surface area contributed by atoms with E-state index >= 15 is 0 Å². The fourth-order valence-corrected chi connectivity index (χ4v) is 14.1. The van der Waals surface area contributed by atoms with Crippen LogP contribution >= 0.6 is 0 Å². The van der Waals surface area contributed by atoms with Gasteiger partial charge in [0.1, 0.15) is 0 Å². The predicted molar refractivity (Wildman–Crippen MR) is 284 cm³/mol. The highest BCUT2D eigenvalue weighted by Gasteiger charge is 2.59. The second kappa shape index (κ2) is 14.0. The molecule has 0 spiro atoms. The lowest BCUT2D eigenvalue weighted by Crippen LogP contribution is -2.54. The molecule has 0 amide bonds.